The third-order valence-corrected chi connectivity index (χ3v) is 4.95. The Kier molecular flexibility index (Phi) is 3.76. The Morgan fingerprint density at radius 1 is 1.15 bits per heavy atom. The SMILES string of the molecule is Cc1ccsc1C(=O)Cc1nc(-c2ccccc2)cs1. The third kappa shape index (κ3) is 2.71. The molecular formula is C16H13NOS2. The van der Waals surface area contributed by atoms with E-state index in [0.29, 0.717) is 6.42 Å². The Morgan fingerprint density at radius 2 is 1.95 bits per heavy atom. The molecule has 0 amide bonds. The summed E-state index contributed by atoms with van der Waals surface area (Å²) >= 11 is 3.06. The Morgan fingerprint density at radius 3 is 2.65 bits per heavy atom. The van der Waals surface area contributed by atoms with Gasteiger partial charge in [-0.05, 0) is 23.9 Å². The topological polar surface area (TPSA) is 30.0 Å². The van der Waals surface area contributed by atoms with Crippen molar-refractivity contribution in [1.82, 2.24) is 4.98 Å². The lowest BCUT2D eigenvalue weighted by Gasteiger charge is -1.97. The molecule has 0 unspecified atom stereocenters. The molecule has 0 aliphatic carbocycles. The molecule has 0 aliphatic heterocycles. The molecule has 0 bridgehead atoms. The fraction of sp³-hybridized carbons (Fsp3) is 0.125. The number of rotatable bonds is 4. The molecule has 20 heavy (non-hydrogen) atoms. The van der Waals surface area contributed by atoms with Crippen LogP contribution < -0.4 is 0 Å². The predicted octanol–water partition coefficient (Wildman–Crippen LogP) is 4.61. The van der Waals surface area contributed by atoms with Crippen molar-refractivity contribution < 1.29 is 4.79 Å². The summed E-state index contributed by atoms with van der Waals surface area (Å²) in [5, 5.41) is 4.85. The fourth-order valence-corrected chi connectivity index (χ4v) is 3.68. The quantitative estimate of drug-likeness (QED) is 0.659. The van der Waals surface area contributed by atoms with E-state index in [0.717, 1.165) is 26.7 Å². The second kappa shape index (κ2) is 5.69. The van der Waals surface area contributed by atoms with Gasteiger partial charge in [0.1, 0.15) is 5.01 Å². The van der Waals surface area contributed by atoms with Gasteiger partial charge in [-0.1, -0.05) is 30.3 Å². The van der Waals surface area contributed by atoms with Crippen molar-refractivity contribution in [3.05, 3.63) is 62.6 Å². The van der Waals surface area contributed by atoms with Gasteiger partial charge in [0.25, 0.3) is 0 Å². The van der Waals surface area contributed by atoms with Gasteiger partial charge >= 0.3 is 0 Å². The number of carbonyl (C=O) groups excluding carboxylic acids is 1. The highest BCUT2D eigenvalue weighted by Crippen LogP contribution is 2.24. The van der Waals surface area contributed by atoms with Crippen LogP contribution in [0.3, 0.4) is 0 Å². The number of hydrogen-bond acceptors (Lipinski definition) is 4. The molecule has 2 nitrogen and oxygen atoms in total. The first-order valence-electron chi connectivity index (χ1n) is 6.31. The van der Waals surface area contributed by atoms with Gasteiger partial charge in [-0.15, -0.1) is 22.7 Å². The van der Waals surface area contributed by atoms with Crippen LogP contribution in [0.1, 0.15) is 20.2 Å². The van der Waals surface area contributed by atoms with Gasteiger partial charge in [-0.25, -0.2) is 4.98 Å². The van der Waals surface area contributed by atoms with Gasteiger partial charge in [-0.3, -0.25) is 4.79 Å². The van der Waals surface area contributed by atoms with E-state index in [1.165, 1.54) is 11.3 Å². The number of nitrogens with zero attached hydrogens (tertiary/aromatic N) is 1. The number of benzene rings is 1. The van der Waals surface area contributed by atoms with Crippen LogP contribution in [0, 0.1) is 6.92 Å². The monoisotopic (exact) mass is 299 g/mol. The van der Waals surface area contributed by atoms with Crippen molar-refractivity contribution in [2.75, 3.05) is 0 Å². The zero-order valence-corrected chi connectivity index (χ0v) is 12.6. The highest BCUT2D eigenvalue weighted by atomic mass is 32.1. The van der Waals surface area contributed by atoms with E-state index in [4.69, 9.17) is 0 Å². The van der Waals surface area contributed by atoms with Crippen LogP contribution in [0.2, 0.25) is 0 Å². The highest BCUT2D eigenvalue weighted by Gasteiger charge is 2.14. The van der Waals surface area contributed by atoms with Gasteiger partial charge in [0.2, 0.25) is 0 Å². The summed E-state index contributed by atoms with van der Waals surface area (Å²) in [6.45, 7) is 1.97. The molecular weight excluding hydrogens is 286 g/mol. The summed E-state index contributed by atoms with van der Waals surface area (Å²) in [4.78, 5) is 17.6. The first kappa shape index (κ1) is 13.2. The summed E-state index contributed by atoms with van der Waals surface area (Å²) in [5.74, 6) is 0.159. The molecule has 2 aromatic heterocycles. The number of carbonyl (C=O) groups is 1. The van der Waals surface area contributed by atoms with Gasteiger partial charge < -0.3 is 0 Å². The second-order valence-corrected chi connectivity index (χ2v) is 6.38. The number of hydrogen-bond donors (Lipinski definition) is 0. The van der Waals surface area contributed by atoms with E-state index in [-0.39, 0.29) is 5.78 Å². The zero-order valence-electron chi connectivity index (χ0n) is 11.0. The van der Waals surface area contributed by atoms with Gasteiger partial charge in [0.05, 0.1) is 17.0 Å². The Bertz CT molecular complexity index is 728. The van der Waals surface area contributed by atoms with E-state index < -0.39 is 0 Å². The molecule has 0 aliphatic rings. The third-order valence-electron chi connectivity index (χ3n) is 3.05. The number of thiophene rings is 1. The molecule has 0 radical (unpaired) electrons. The van der Waals surface area contributed by atoms with Crippen molar-refractivity contribution in [2.45, 2.75) is 13.3 Å². The van der Waals surface area contributed by atoms with Crippen molar-refractivity contribution in [3.8, 4) is 11.3 Å². The summed E-state index contributed by atoms with van der Waals surface area (Å²) in [6, 6.07) is 12.0. The van der Waals surface area contributed by atoms with E-state index in [2.05, 4.69) is 4.98 Å². The van der Waals surface area contributed by atoms with Crippen molar-refractivity contribution >= 4 is 28.5 Å². The maximum absolute atomic E-state index is 12.2. The van der Waals surface area contributed by atoms with E-state index >= 15 is 0 Å². The standard InChI is InChI=1S/C16H13NOS2/c1-11-7-8-19-16(11)14(18)9-15-17-13(10-20-15)12-5-3-2-4-6-12/h2-8,10H,9H2,1H3. The van der Waals surface area contributed by atoms with Crippen LogP contribution in [-0.2, 0) is 6.42 Å². The lowest BCUT2D eigenvalue weighted by Crippen LogP contribution is -2.02. The number of thiazole rings is 1. The van der Waals surface area contributed by atoms with Crippen molar-refractivity contribution in [1.29, 1.82) is 0 Å². The Balaban J connectivity index is 1.78. The number of aromatic nitrogens is 1. The molecule has 1 aromatic carbocycles. The summed E-state index contributed by atoms with van der Waals surface area (Å²) in [6.07, 6.45) is 0.388. The molecule has 0 atom stereocenters. The molecule has 0 fully saturated rings. The minimum Gasteiger partial charge on any atom is -0.293 e. The van der Waals surface area contributed by atoms with Gasteiger partial charge in [-0.2, -0.15) is 0 Å². The Hall–Kier alpha value is -1.78. The smallest absolute Gasteiger partial charge is 0.179 e. The fourth-order valence-electron chi connectivity index (χ4n) is 2.01. The number of aryl methyl sites for hydroxylation is 1. The van der Waals surface area contributed by atoms with Crippen LogP contribution in [0.25, 0.3) is 11.3 Å². The van der Waals surface area contributed by atoms with Crippen LogP contribution in [0.5, 0.6) is 0 Å². The maximum Gasteiger partial charge on any atom is 0.179 e. The molecule has 100 valence electrons. The van der Waals surface area contributed by atoms with Gasteiger partial charge in [0, 0.05) is 10.9 Å². The van der Waals surface area contributed by atoms with Crippen LogP contribution in [-0.4, -0.2) is 10.8 Å². The van der Waals surface area contributed by atoms with Crippen LogP contribution in [0.4, 0.5) is 0 Å². The number of ketones is 1. The summed E-state index contributed by atoms with van der Waals surface area (Å²) in [5.41, 5.74) is 3.09. The van der Waals surface area contributed by atoms with E-state index in [1.54, 1.807) is 11.3 Å². The Labute approximate surface area is 125 Å². The van der Waals surface area contributed by atoms with Crippen molar-refractivity contribution in [2.24, 2.45) is 0 Å². The molecule has 3 aromatic rings. The lowest BCUT2D eigenvalue weighted by atomic mass is 10.1. The largest absolute Gasteiger partial charge is 0.293 e. The minimum atomic E-state index is 0.159. The minimum absolute atomic E-state index is 0.159. The number of Topliss-reactive ketones (excluding diaryl/α,β-unsaturated/α-hetero) is 1. The first-order valence-corrected chi connectivity index (χ1v) is 8.07. The average molecular weight is 299 g/mol. The van der Waals surface area contributed by atoms with Crippen molar-refractivity contribution in [3.63, 3.8) is 0 Å². The summed E-state index contributed by atoms with van der Waals surface area (Å²) < 4.78 is 0. The second-order valence-electron chi connectivity index (χ2n) is 4.53. The average Bonchev–Trinajstić information content (AvgIpc) is 3.09. The molecule has 4 heteroatoms. The molecule has 3 rings (SSSR count). The van der Waals surface area contributed by atoms with E-state index in [9.17, 15) is 4.79 Å². The van der Waals surface area contributed by atoms with Gasteiger partial charge in [0.15, 0.2) is 5.78 Å². The first-order chi connectivity index (χ1) is 9.74. The molecule has 0 N–H and O–H groups in total. The van der Waals surface area contributed by atoms with E-state index in [1.807, 2.05) is 54.1 Å². The molecule has 0 saturated carbocycles. The molecule has 2 heterocycles. The normalized spacial score (nSPS) is 10.7. The lowest BCUT2D eigenvalue weighted by molar-refractivity contribution is 0.0996. The van der Waals surface area contributed by atoms with Crippen LogP contribution in [0.15, 0.2) is 47.2 Å². The molecule has 0 spiro atoms. The summed E-state index contributed by atoms with van der Waals surface area (Å²) in [7, 11) is 0. The highest BCUT2D eigenvalue weighted by molar-refractivity contribution is 7.12. The predicted molar refractivity (Wildman–Crippen MR) is 84.6 cm³/mol. The zero-order chi connectivity index (χ0) is 13.9. The molecule has 0 saturated heterocycles. The maximum atomic E-state index is 12.2. The van der Waals surface area contributed by atoms with Crippen LogP contribution >= 0.6 is 22.7 Å².